The first kappa shape index (κ1) is 18.5. The molecule has 29 heavy (non-hydrogen) atoms. The molecule has 3 unspecified atom stereocenters. The van der Waals surface area contributed by atoms with Crippen LogP contribution in [0.3, 0.4) is 0 Å². The lowest BCUT2D eigenvalue weighted by Crippen LogP contribution is -2.32. The monoisotopic (exact) mass is 408 g/mol. The Morgan fingerprint density at radius 2 is 1.97 bits per heavy atom. The Labute approximate surface area is 172 Å². The molecule has 0 amide bonds. The highest BCUT2D eigenvalue weighted by molar-refractivity contribution is 7.85. The van der Waals surface area contributed by atoms with Crippen LogP contribution in [0.5, 0.6) is 0 Å². The van der Waals surface area contributed by atoms with Gasteiger partial charge in [0.05, 0.1) is 28.5 Å². The molecule has 0 radical (unpaired) electrons. The van der Waals surface area contributed by atoms with Crippen LogP contribution < -0.4 is 15.5 Å². The van der Waals surface area contributed by atoms with Gasteiger partial charge in [-0.25, -0.2) is 4.98 Å². The fourth-order valence-corrected chi connectivity index (χ4v) is 5.36. The Bertz CT molecular complexity index is 1070. The van der Waals surface area contributed by atoms with Crippen LogP contribution in [0.2, 0.25) is 0 Å². The molecule has 0 bridgehead atoms. The molecule has 2 aliphatic rings. The van der Waals surface area contributed by atoms with E-state index in [4.69, 9.17) is 4.98 Å². The predicted molar refractivity (Wildman–Crippen MR) is 117 cm³/mol. The van der Waals surface area contributed by atoms with Crippen molar-refractivity contribution in [1.82, 2.24) is 10.3 Å². The average Bonchev–Trinajstić information content (AvgIpc) is 3.06. The molecule has 1 fully saturated rings. The second-order valence-electron chi connectivity index (χ2n) is 7.60. The fourth-order valence-electron chi connectivity index (χ4n) is 4.09. The van der Waals surface area contributed by atoms with E-state index >= 15 is 0 Å². The van der Waals surface area contributed by atoms with Crippen molar-refractivity contribution in [1.29, 1.82) is 0 Å². The first-order valence-corrected chi connectivity index (χ1v) is 11.3. The summed E-state index contributed by atoms with van der Waals surface area (Å²) in [4.78, 5) is 8.03. The van der Waals surface area contributed by atoms with Crippen molar-refractivity contribution in [3.05, 3.63) is 60.2 Å². The molecule has 7 heteroatoms. The number of aromatic nitrogens is 1. The van der Waals surface area contributed by atoms with E-state index in [-0.39, 0.29) is 6.04 Å². The third-order valence-electron chi connectivity index (χ3n) is 5.68. The van der Waals surface area contributed by atoms with Crippen LogP contribution in [0.15, 0.2) is 59.5 Å². The quantitative estimate of drug-likeness (QED) is 0.616. The number of nitrogens with zero attached hydrogens (tertiary/aromatic N) is 2. The van der Waals surface area contributed by atoms with Crippen molar-refractivity contribution < 1.29 is 9.32 Å². The van der Waals surface area contributed by atoms with Crippen LogP contribution in [0.25, 0.3) is 10.9 Å². The Morgan fingerprint density at radius 3 is 2.83 bits per heavy atom. The maximum atomic E-state index is 12.6. The van der Waals surface area contributed by atoms with Gasteiger partial charge in [0.15, 0.2) is 0 Å². The standard InChI is InChI=1S/C22H24N4O2S/c27-20-13-23-12-19(20)24-18-11-22(25-17-7-3-2-6-16(17)18)26-9-10-29(28)21-8-4-1-5-15(21)14-26/h1-8,11,19-20,23,27H,9-10,12-14H2,(H,24,25). The molecule has 0 spiro atoms. The highest BCUT2D eigenvalue weighted by Gasteiger charge is 2.26. The largest absolute Gasteiger partial charge is 0.390 e. The van der Waals surface area contributed by atoms with Gasteiger partial charge in [-0.1, -0.05) is 36.4 Å². The summed E-state index contributed by atoms with van der Waals surface area (Å²) in [6.45, 7) is 2.69. The van der Waals surface area contributed by atoms with Crippen molar-refractivity contribution in [2.45, 2.75) is 23.6 Å². The van der Waals surface area contributed by atoms with Gasteiger partial charge in [0, 0.05) is 54.0 Å². The average molecular weight is 409 g/mol. The predicted octanol–water partition coefficient (Wildman–Crippen LogP) is 2.11. The lowest BCUT2D eigenvalue weighted by molar-refractivity contribution is 0.185. The maximum Gasteiger partial charge on any atom is 0.131 e. The SMILES string of the molecule is O=S1CCN(c2cc(NC3CNCC3O)c3ccccc3n2)Cc2ccccc21. The van der Waals surface area contributed by atoms with E-state index in [2.05, 4.69) is 27.7 Å². The van der Waals surface area contributed by atoms with E-state index in [0.29, 0.717) is 25.4 Å². The zero-order valence-corrected chi connectivity index (χ0v) is 16.9. The third kappa shape index (κ3) is 3.61. The molecule has 3 aromatic rings. The van der Waals surface area contributed by atoms with Crippen molar-refractivity contribution in [3.63, 3.8) is 0 Å². The van der Waals surface area contributed by atoms with Crippen LogP contribution in [-0.2, 0) is 17.3 Å². The van der Waals surface area contributed by atoms with Crippen LogP contribution in [-0.4, -0.2) is 51.8 Å². The molecule has 6 nitrogen and oxygen atoms in total. The Morgan fingerprint density at radius 1 is 1.14 bits per heavy atom. The van der Waals surface area contributed by atoms with E-state index < -0.39 is 16.9 Å². The molecule has 1 saturated heterocycles. The number of rotatable bonds is 3. The van der Waals surface area contributed by atoms with Gasteiger partial charge in [-0.05, 0) is 17.7 Å². The summed E-state index contributed by atoms with van der Waals surface area (Å²) < 4.78 is 12.6. The number of nitrogens with one attached hydrogen (secondary N) is 2. The second kappa shape index (κ2) is 7.74. The van der Waals surface area contributed by atoms with Crippen LogP contribution in [0, 0.1) is 0 Å². The molecule has 0 saturated carbocycles. The summed E-state index contributed by atoms with van der Waals surface area (Å²) in [5.41, 5.74) is 2.96. The molecular weight excluding hydrogens is 384 g/mol. The van der Waals surface area contributed by atoms with Crippen molar-refractivity contribution in [2.24, 2.45) is 0 Å². The highest BCUT2D eigenvalue weighted by Crippen LogP contribution is 2.30. The van der Waals surface area contributed by atoms with Crippen molar-refractivity contribution in [2.75, 3.05) is 35.6 Å². The minimum atomic E-state index is -0.994. The first-order chi connectivity index (χ1) is 14.2. The van der Waals surface area contributed by atoms with E-state index in [0.717, 1.165) is 39.4 Å². The molecule has 3 heterocycles. The highest BCUT2D eigenvalue weighted by atomic mass is 32.2. The number of hydrogen-bond acceptors (Lipinski definition) is 6. The molecule has 1 aromatic heterocycles. The van der Waals surface area contributed by atoms with Crippen LogP contribution in [0.1, 0.15) is 5.56 Å². The third-order valence-corrected chi connectivity index (χ3v) is 7.12. The normalized spacial score (nSPS) is 24.3. The summed E-state index contributed by atoms with van der Waals surface area (Å²) in [5.74, 6) is 1.44. The van der Waals surface area contributed by atoms with Gasteiger partial charge in [0.2, 0.25) is 0 Å². The Kier molecular flexibility index (Phi) is 4.95. The minimum Gasteiger partial charge on any atom is -0.390 e. The molecule has 150 valence electrons. The number of aliphatic hydroxyl groups excluding tert-OH is 1. The summed E-state index contributed by atoms with van der Waals surface area (Å²) >= 11 is 0. The molecule has 5 rings (SSSR count). The van der Waals surface area contributed by atoms with Gasteiger partial charge in [-0.2, -0.15) is 0 Å². The van der Waals surface area contributed by atoms with Gasteiger partial charge in [-0.3, -0.25) is 4.21 Å². The number of para-hydroxylation sites is 1. The molecule has 3 N–H and O–H groups in total. The lowest BCUT2D eigenvalue weighted by atomic mass is 10.1. The molecule has 0 aliphatic carbocycles. The zero-order chi connectivity index (χ0) is 19.8. The van der Waals surface area contributed by atoms with Gasteiger partial charge in [0.25, 0.3) is 0 Å². The van der Waals surface area contributed by atoms with E-state index in [1.54, 1.807) is 0 Å². The number of pyridine rings is 1. The summed E-state index contributed by atoms with van der Waals surface area (Å²) in [6.07, 6.45) is -0.419. The van der Waals surface area contributed by atoms with Gasteiger partial charge in [0.1, 0.15) is 5.82 Å². The van der Waals surface area contributed by atoms with Gasteiger partial charge >= 0.3 is 0 Å². The minimum absolute atomic E-state index is 0.0361. The Balaban J connectivity index is 1.54. The second-order valence-corrected chi connectivity index (χ2v) is 9.14. The summed E-state index contributed by atoms with van der Waals surface area (Å²) in [7, 11) is -0.994. The summed E-state index contributed by atoms with van der Waals surface area (Å²) in [5, 5.41) is 18.0. The summed E-state index contributed by atoms with van der Waals surface area (Å²) in [6, 6.07) is 18.0. The smallest absolute Gasteiger partial charge is 0.131 e. The number of aliphatic hydroxyl groups is 1. The van der Waals surface area contributed by atoms with Crippen molar-refractivity contribution in [3.8, 4) is 0 Å². The number of anilines is 2. The fraction of sp³-hybridized carbons (Fsp3) is 0.318. The Hall–Kier alpha value is -2.48. The van der Waals surface area contributed by atoms with Crippen LogP contribution >= 0.6 is 0 Å². The van der Waals surface area contributed by atoms with Crippen molar-refractivity contribution >= 4 is 33.2 Å². The molecule has 2 aromatic carbocycles. The van der Waals surface area contributed by atoms with Crippen LogP contribution in [0.4, 0.5) is 11.5 Å². The number of hydrogen-bond donors (Lipinski definition) is 3. The van der Waals surface area contributed by atoms with Gasteiger partial charge in [-0.15, -0.1) is 0 Å². The number of benzene rings is 2. The molecule has 2 aliphatic heterocycles. The molecule has 3 atom stereocenters. The first-order valence-electron chi connectivity index (χ1n) is 9.95. The number of β-amino-alcohol motifs (C(OH)–C–C–N with tert-alkyl or cyclic N) is 1. The maximum absolute atomic E-state index is 12.6. The van der Waals surface area contributed by atoms with Gasteiger partial charge < -0.3 is 20.6 Å². The zero-order valence-electron chi connectivity index (χ0n) is 16.0. The topological polar surface area (TPSA) is 77.5 Å². The molecular formula is C22H24N4O2S. The van der Waals surface area contributed by atoms with E-state index in [1.165, 1.54) is 0 Å². The van der Waals surface area contributed by atoms with E-state index in [1.807, 2.05) is 42.5 Å². The number of fused-ring (bicyclic) bond motifs is 2. The lowest BCUT2D eigenvalue weighted by Gasteiger charge is -2.24. The van der Waals surface area contributed by atoms with E-state index in [9.17, 15) is 9.32 Å².